The van der Waals surface area contributed by atoms with Gasteiger partial charge in [0.2, 0.25) is 0 Å². The van der Waals surface area contributed by atoms with E-state index in [2.05, 4.69) is 0 Å². The Balaban J connectivity index is 0.00000180. The van der Waals surface area contributed by atoms with Gasteiger partial charge >= 0.3 is 0 Å². The summed E-state index contributed by atoms with van der Waals surface area (Å²) in [6.45, 7) is 0. The van der Waals surface area contributed by atoms with Crippen molar-refractivity contribution in [2.45, 2.75) is 31.7 Å². The van der Waals surface area contributed by atoms with Crippen LogP contribution < -0.4 is 5.73 Å². The average Bonchev–Trinajstić information content (AvgIpc) is 2.84. The van der Waals surface area contributed by atoms with Crippen molar-refractivity contribution < 1.29 is 10.0 Å². The highest BCUT2D eigenvalue weighted by Gasteiger charge is 2.31. The van der Waals surface area contributed by atoms with E-state index in [4.69, 9.17) is 17.3 Å². The Labute approximate surface area is 122 Å². The van der Waals surface area contributed by atoms with Gasteiger partial charge in [0.1, 0.15) is 5.75 Å². The van der Waals surface area contributed by atoms with Gasteiger partial charge in [-0.15, -0.1) is 12.4 Å². The third-order valence-corrected chi connectivity index (χ3v) is 3.89. The maximum absolute atomic E-state index is 11.0. The summed E-state index contributed by atoms with van der Waals surface area (Å²) < 4.78 is 0. The fourth-order valence-corrected chi connectivity index (χ4v) is 2.78. The fraction of sp³-hybridized carbons (Fsp3) is 0.500. The van der Waals surface area contributed by atoms with Crippen molar-refractivity contribution in [3.05, 3.63) is 32.8 Å². The van der Waals surface area contributed by atoms with Crippen molar-refractivity contribution in [3.63, 3.8) is 0 Å². The Bertz CT molecular complexity index is 476. The third kappa shape index (κ3) is 3.11. The van der Waals surface area contributed by atoms with Crippen LogP contribution in [0.3, 0.4) is 0 Å². The largest absolute Gasteiger partial charge is 0.506 e. The monoisotopic (exact) mass is 306 g/mol. The first-order valence-electron chi connectivity index (χ1n) is 5.93. The third-order valence-electron chi connectivity index (χ3n) is 3.58. The van der Waals surface area contributed by atoms with Crippen LogP contribution in [0.25, 0.3) is 0 Å². The van der Waals surface area contributed by atoms with Gasteiger partial charge in [0.05, 0.1) is 15.5 Å². The van der Waals surface area contributed by atoms with Crippen LogP contribution in [0.15, 0.2) is 12.1 Å². The molecule has 1 atom stereocenters. The van der Waals surface area contributed by atoms with Crippen LogP contribution in [0.5, 0.6) is 5.75 Å². The Hall–Kier alpha value is -1.04. The van der Waals surface area contributed by atoms with Gasteiger partial charge in [0.25, 0.3) is 5.69 Å². The zero-order chi connectivity index (χ0) is 13.3. The van der Waals surface area contributed by atoms with Crippen LogP contribution in [0, 0.1) is 16.0 Å². The first-order valence-corrected chi connectivity index (χ1v) is 6.31. The molecule has 0 heterocycles. The van der Waals surface area contributed by atoms with Gasteiger partial charge in [-0.05, 0) is 24.8 Å². The van der Waals surface area contributed by atoms with Crippen molar-refractivity contribution in [1.82, 2.24) is 0 Å². The molecule has 0 bridgehead atoms. The van der Waals surface area contributed by atoms with Crippen molar-refractivity contribution in [3.8, 4) is 5.75 Å². The summed E-state index contributed by atoms with van der Waals surface area (Å²) in [6, 6.07) is 2.08. The van der Waals surface area contributed by atoms with Crippen molar-refractivity contribution >= 4 is 29.7 Å². The molecule has 1 aromatic carbocycles. The van der Waals surface area contributed by atoms with Crippen molar-refractivity contribution in [2.24, 2.45) is 11.7 Å². The minimum absolute atomic E-state index is 0. The molecule has 5 nitrogen and oxygen atoms in total. The number of hydrogen-bond acceptors (Lipinski definition) is 4. The topological polar surface area (TPSA) is 89.4 Å². The fourth-order valence-electron chi connectivity index (χ4n) is 2.61. The maximum atomic E-state index is 11.0. The molecule has 0 unspecified atom stereocenters. The number of phenolic OH excluding ortho intramolecular Hbond substituents is 1. The van der Waals surface area contributed by atoms with E-state index in [9.17, 15) is 15.2 Å². The summed E-state index contributed by atoms with van der Waals surface area (Å²) in [6.07, 6.45) is 4.02. The van der Waals surface area contributed by atoms with Crippen LogP contribution in [0.1, 0.15) is 37.3 Å². The quantitative estimate of drug-likeness (QED) is 0.660. The zero-order valence-corrected chi connectivity index (χ0v) is 11.8. The number of halogens is 2. The number of hydrogen-bond donors (Lipinski definition) is 2. The minimum Gasteiger partial charge on any atom is -0.506 e. The van der Waals surface area contributed by atoms with Gasteiger partial charge in [-0.1, -0.05) is 24.4 Å². The highest BCUT2D eigenvalue weighted by Crippen LogP contribution is 2.43. The van der Waals surface area contributed by atoms with Gasteiger partial charge in [-0.2, -0.15) is 0 Å². The second-order valence-corrected chi connectivity index (χ2v) is 5.06. The highest BCUT2D eigenvalue weighted by molar-refractivity contribution is 6.32. The molecule has 0 radical (unpaired) electrons. The van der Waals surface area contributed by atoms with Gasteiger partial charge in [0, 0.05) is 12.1 Å². The van der Waals surface area contributed by atoms with Crippen molar-refractivity contribution in [2.75, 3.05) is 0 Å². The molecular weight excluding hydrogens is 291 g/mol. The maximum Gasteiger partial charge on any atom is 0.278 e. The number of aromatic hydroxyl groups is 1. The number of nitrogens with zero attached hydrogens (tertiary/aromatic N) is 1. The summed E-state index contributed by atoms with van der Waals surface area (Å²) in [7, 11) is 0. The highest BCUT2D eigenvalue weighted by atomic mass is 35.5. The number of phenols is 1. The van der Waals surface area contributed by atoms with E-state index >= 15 is 0 Å². The van der Waals surface area contributed by atoms with E-state index in [0.717, 1.165) is 25.7 Å². The molecule has 0 saturated heterocycles. The lowest BCUT2D eigenvalue weighted by Crippen LogP contribution is -2.20. The number of nitrogens with two attached hydrogens (primary N) is 1. The lowest BCUT2D eigenvalue weighted by atomic mass is 9.91. The molecule has 0 spiro atoms. The molecule has 3 N–H and O–H groups in total. The van der Waals surface area contributed by atoms with E-state index in [-0.39, 0.29) is 40.3 Å². The van der Waals surface area contributed by atoms with Gasteiger partial charge in [0.15, 0.2) is 0 Å². The van der Waals surface area contributed by atoms with Crippen molar-refractivity contribution in [1.29, 1.82) is 0 Å². The molecular formula is C12H16Cl2N2O3. The van der Waals surface area contributed by atoms with Crippen LogP contribution in [-0.4, -0.2) is 10.0 Å². The van der Waals surface area contributed by atoms with Gasteiger partial charge < -0.3 is 10.8 Å². The summed E-state index contributed by atoms with van der Waals surface area (Å²) in [5.41, 5.74) is 6.10. The number of nitro benzene ring substituents is 1. The predicted molar refractivity (Wildman–Crippen MR) is 75.9 cm³/mol. The molecule has 19 heavy (non-hydrogen) atoms. The van der Waals surface area contributed by atoms with E-state index in [1.807, 2.05) is 0 Å². The Morgan fingerprint density at radius 1 is 1.42 bits per heavy atom. The van der Waals surface area contributed by atoms with Crippen LogP contribution in [-0.2, 0) is 0 Å². The average molecular weight is 307 g/mol. The molecule has 2 rings (SSSR count). The SMILES string of the molecule is Cl.N[C@H](c1c([N+](=O)[O-])ccc(Cl)c1O)C1CCCC1. The molecule has 106 valence electrons. The molecule has 1 aliphatic carbocycles. The molecule has 0 amide bonds. The number of benzene rings is 1. The molecule has 1 aliphatic rings. The molecule has 1 aromatic rings. The van der Waals surface area contributed by atoms with Gasteiger partial charge in [-0.25, -0.2) is 0 Å². The number of nitro groups is 1. The Morgan fingerprint density at radius 3 is 2.53 bits per heavy atom. The first-order chi connectivity index (χ1) is 8.52. The lowest BCUT2D eigenvalue weighted by molar-refractivity contribution is -0.385. The standard InChI is InChI=1S/C12H15ClN2O3.ClH/c13-8-5-6-9(15(17)18)10(12(8)16)11(14)7-3-1-2-4-7;/h5-7,11,16H,1-4,14H2;1H/t11-;/m0./s1. The summed E-state index contributed by atoms with van der Waals surface area (Å²) in [4.78, 5) is 10.5. The Kier molecular flexibility index (Phi) is 5.40. The van der Waals surface area contributed by atoms with E-state index in [1.54, 1.807) is 0 Å². The summed E-state index contributed by atoms with van der Waals surface area (Å²) >= 11 is 5.81. The zero-order valence-electron chi connectivity index (χ0n) is 10.2. The second-order valence-electron chi connectivity index (χ2n) is 4.66. The molecule has 1 fully saturated rings. The second kappa shape index (κ2) is 6.41. The Morgan fingerprint density at radius 2 is 2.00 bits per heavy atom. The normalized spacial score (nSPS) is 16.9. The van der Waals surface area contributed by atoms with E-state index in [0.29, 0.717) is 0 Å². The summed E-state index contributed by atoms with van der Waals surface area (Å²) in [5.74, 6) is -0.0849. The van der Waals surface area contributed by atoms with E-state index in [1.165, 1.54) is 12.1 Å². The van der Waals surface area contributed by atoms with E-state index < -0.39 is 11.0 Å². The first kappa shape index (κ1) is 16.0. The summed E-state index contributed by atoms with van der Waals surface area (Å²) in [5, 5.41) is 21.0. The van der Waals surface area contributed by atoms with Crippen LogP contribution in [0.4, 0.5) is 5.69 Å². The smallest absolute Gasteiger partial charge is 0.278 e. The molecule has 1 saturated carbocycles. The number of rotatable bonds is 3. The molecule has 7 heteroatoms. The van der Waals surface area contributed by atoms with Crippen LogP contribution >= 0.6 is 24.0 Å². The predicted octanol–water partition coefficient (Wildman–Crippen LogP) is 3.57. The molecule has 0 aromatic heterocycles. The van der Waals surface area contributed by atoms with Crippen LogP contribution in [0.2, 0.25) is 5.02 Å². The minimum atomic E-state index is -0.536. The van der Waals surface area contributed by atoms with Gasteiger partial charge in [-0.3, -0.25) is 10.1 Å². The molecule has 0 aliphatic heterocycles. The lowest BCUT2D eigenvalue weighted by Gasteiger charge is -2.20.